The molecule has 1 aliphatic rings. The van der Waals surface area contributed by atoms with Crippen molar-refractivity contribution in [2.45, 2.75) is 57.2 Å². The van der Waals surface area contributed by atoms with Crippen LogP contribution in [0.15, 0.2) is 54.6 Å². The third-order valence-electron chi connectivity index (χ3n) is 5.29. The third-order valence-corrected chi connectivity index (χ3v) is 5.29. The van der Waals surface area contributed by atoms with E-state index in [4.69, 9.17) is 5.73 Å². The lowest BCUT2D eigenvalue weighted by molar-refractivity contribution is -0.122. The molecular weight excluding hydrogens is 334 g/mol. The van der Waals surface area contributed by atoms with Crippen molar-refractivity contribution in [2.75, 3.05) is 6.54 Å². The van der Waals surface area contributed by atoms with E-state index in [2.05, 4.69) is 60.0 Å². The van der Waals surface area contributed by atoms with Gasteiger partial charge in [-0.1, -0.05) is 66.6 Å². The summed E-state index contributed by atoms with van der Waals surface area (Å²) in [4.78, 5) is 12.1. The molecule has 2 aromatic rings. The second-order valence-electron chi connectivity index (χ2n) is 7.62. The minimum Gasteiger partial charge on any atom is -0.351 e. The average Bonchev–Trinajstić information content (AvgIpc) is 3.47. The van der Waals surface area contributed by atoms with Gasteiger partial charge >= 0.3 is 0 Å². The summed E-state index contributed by atoms with van der Waals surface area (Å²) in [5.41, 5.74) is 9.78. The van der Waals surface area contributed by atoms with Crippen molar-refractivity contribution in [3.8, 4) is 0 Å². The zero-order valence-corrected chi connectivity index (χ0v) is 16.2. The molecule has 1 saturated carbocycles. The first-order valence-electron chi connectivity index (χ1n) is 10.0. The molecule has 4 heteroatoms. The van der Waals surface area contributed by atoms with Crippen LogP contribution < -0.4 is 16.4 Å². The van der Waals surface area contributed by atoms with Gasteiger partial charge in [-0.05, 0) is 43.9 Å². The third kappa shape index (κ3) is 6.19. The van der Waals surface area contributed by atoms with E-state index in [0.29, 0.717) is 18.5 Å². The summed E-state index contributed by atoms with van der Waals surface area (Å²) in [6.07, 6.45) is 3.98. The molecule has 1 aliphatic carbocycles. The summed E-state index contributed by atoms with van der Waals surface area (Å²) in [5, 5.41) is 6.55. The van der Waals surface area contributed by atoms with Crippen LogP contribution in [0.3, 0.4) is 0 Å². The first-order chi connectivity index (χ1) is 13.1. The molecule has 3 rings (SSSR count). The van der Waals surface area contributed by atoms with Gasteiger partial charge in [0.1, 0.15) is 0 Å². The molecule has 2 aromatic carbocycles. The lowest BCUT2D eigenvalue weighted by Gasteiger charge is -2.12. The minimum atomic E-state index is -0.423. The van der Waals surface area contributed by atoms with E-state index in [0.717, 1.165) is 31.4 Å². The lowest BCUT2D eigenvalue weighted by Crippen LogP contribution is -2.40. The maximum Gasteiger partial charge on any atom is 0.237 e. The number of aryl methyl sites for hydroxylation is 1. The second-order valence-corrected chi connectivity index (χ2v) is 7.62. The largest absolute Gasteiger partial charge is 0.351 e. The van der Waals surface area contributed by atoms with Crippen LogP contribution in [-0.2, 0) is 11.3 Å². The van der Waals surface area contributed by atoms with Crippen molar-refractivity contribution >= 4 is 5.91 Å². The lowest BCUT2D eigenvalue weighted by atomic mass is 10.1. The highest BCUT2D eigenvalue weighted by Crippen LogP contribution is 2.40. The molecule has 0 bridgehead atoms. The average molecular weight is 366 g/mol. The molecule has 2 unspecified atom stereocenters. The molecule has 3 atom stereocenters. The predicted octanol–water partition coefficient (Wildman–Crippen LogP) is 3.25. The summed E-state index contributed by atoms with van der Waals surface area (Å²) in [5.74, 6) is 0.607. The van der Waals surface area contributed by atoms with Gasteiger partial charge in [-0.15, -0.1) is 0 Å². The van der Waals surface area contributed by atoms with Crippen LogP contribution in [0, 0.1) is 6.92 Å². The van der Waals surface area contributed by atoms with Gasteiger partial charge in [-0.2, -0.15) is 0 Å². The van der Waals surface area contributed by atoms with E-state index in [-0.39, 0.29) is 5.91 Å². The first-order valence-corrected chi connectivity index (χ1v) is 10.0. The fourth-order valence-corrected chi connectivity index (χ4v) is 3.42. The van der Waals surface area contributed by atoms with Gasteiger partial charge in [0.2, 0.25) is 5.91 Å². The summed E-state index contributed by atoms with van der Waals surface area (Å²) in [6.45, 7) is 3.58. The van der Waals surface area contributed by atoms with E-state index in [1.807, 2.05) is 12.1 Å². The molecule has 0 heterocycles. The summed E-state index contributed by atoms with van der Waals surface area (Å²) < 4.78 is 0. The van der Waals surface area contributed by atoms with Gasteiger partial charge in [0, 0.05) is 18.5 Å². The fourth-order valence-electron chi connectivity index (χ4n) is 3.42. The Morgan fingerprint density at radius 3 is 2.59 bits per heavy atom. The SMILES string of the molecule is Cc1ccc(CNC(=O)[C@@H](N)CCCCNC2CC2c2ccccc2)cc1. The summed E-state index contributed by atoms with van der Waals surface area (Å²) in [7, 11) is 0. The number of unbranched alkanes of at least 4 members (excludes halogenated alkanes) is 1. The van der Waals surface area contributed by atoms with Crippen molar-refractivity contribution in [1.82, 2.24) is 10.6 Å². The van der Waals surface area contributed by atoms with Crippen LogP contribution in [0.4, 0.5) is 0 Å². The Labute approximate surface area is 162 Å². The molecular formula is C23H31N3O. The molecule has 0 aliphatic heterocycles. The molecule has 0 radical (unpaired) electrons. The highest BCUT2D eigenvalue weighted by molar-refractivity contribution is 5.81. The maximum atomic E-state index is 12.1. The van der Waals surface area contributed by atoms with E-state index < -0.39 is 6.04 Å². The topological polar surface area (TPSA) is 67.2 Å². The number of benzene rings is 2. The monoisotopic (exact) mass is 365 g/mol. The molecule has 0 saturated heterocycles. The number of nitrogens with one attached hydrogen (secondary N) is 2. The van der Waals surface area contributed by atoms with Crippen molar-refractivity contribution in [2.24, 2.45) is 5.73 Å². The van der Waals surface area contributed by atoms with Crippen molar-refractivity contribution in [3.05, 3.63) is 71.3 Å². The van der Waals surface area contributed by atoms with Crippen LogP contribution in [0.25, 0.3) is 0 Å². The van der Waals surface area contributed by atoms with Gasteiger partial charge in [0.25, 0.3) is 0 Å². The van der Waals surface area contributed by atoms with E-state index in [9.17, 15) is 4.79 Å². The Kier molecular flexibility index (Phi) is 7.02. The molecule has 144 valence electrons. The van der Waals surface area contributed by atoms with Crippen LogP contribution in [-0.4, -0.2) is 24.5 Å². The number of carbonyl (C=O) groups is 1. The number of hydrogen-bond acceptors (Lipinski definition) is 3. The quantitative estimate of drug-likeness (QED) is 0.566. The number of amides is 1. The zero-order valence-electron chi connectivity index (χ0n) is 16.2. The smallest absolute Gasteiger partial charge is 0.237 e. The normalized spacial score (nSPS) is 19.5. The molecule has 4 N–H and O–H groups in total. The van der Waals surface area contributed by atoms with Crippen molar-refractivity contribution < 1.29 is 4.79 Å². The highest BCUT2D eigenvalue weighted by Gasteiger charge is 2.37. The second kappa shape index (κ2) is 9.67. The van der Waals surface area contributed by atoms with E-state index >= 15 is 0 Å². The summed E-state index contributed by atoms with van der Waals surface area (Å²) >= 11 is 0. The van der Waals surface area contributed by atoms with Crippen LogP contribution in [0.2, 0.25) is 0 Å². The van der Waals surface area contributed by atoms with Gasteiger partial charge < -0.3 is 16.4 Å². The Bertz CT molecular complexity index is 714. The number of hydrogen-bond donors (Lipinski definition) is 3. The van der Waals surface area contributed by atoms with E-state index in [1.54, 1.807) is 0 Å². The molecule has 1 amide bonds. The van der Waals surface area contributed by atoms with Crippen LogP contribution in [0.1, 0.15) is 48.3 Å². The molecule has 1 fully saturated rings. The number of carbonyl (C=O) groups excluding carboxylic acids is 1. The van der Waals surface area contributed by atoms with Gasteiger partial charge in [0.05, 0.1) is 6.04 Å². The summed E-state index contributed by atoms with van der Waals surface area (Å²) in [6, 6.07) is 19.1. The van der Waals surface area contributed by atoms with Crippen molar-refractivity contribution in [3.63, 3.8) is 0 Å². The Morgan fingerprint density at radius 1 is 1.11 bits per heavy atom. The predicted molar refractivity (Wildman–Crippen MR) is 110 cm³/mol. The molecule has 4 nitrogen and oxygen atoms in total. The van der Waals surface area contributed by atoms with Gasteiger partial charge in [0.15, 0.2) is 0 Å². The Hall–Kier alpha value is -2.17. The van der Waals surface area contributed by atoms with Gasteiger partial charge in [-0.3, -0.25) is 4.79 Å². The molecule has 27 heavy (non-hydrogen) atoms. The highest BCUT2D eigenvalue weighted by atomic mass is 16.2. The van der Waals surface area contributed by atoms with E-state index in [1.165, 1.54) is 17.5 Å². The number of nitrogens with two attached hydrogens (primary N) is 1. The van der Waals surface area contributed by atoms with Crippen LogP contribution >= 0.6 is 0 Å². The van der Waals surface area contributed by atoms with Gasteiger partial charge in [-0.25, -0.2) is 0 Å². The fraction of sp³-hybridized carbons (Fsp3) is 0.435. The standard InChI is InChI=1S/C23H31N3O/c1-17-10-12-18(13-11-17)16-26-23(27)21(24)9-5-6-14-25-22-15-20(22)19-7-3-2-4-8-19/h2-4,7-8,10-13,20-22,25H,5-6,9,14-16,24H2,1H3,(H,26,27)/t20?,21-,22?/m0/s1. The number of rotatable bonds is 10. The Morgan fingerprint density at radius 2 is 1.85 bits per heavy atom. The molecule has 0 spiro atoms. The first kappa shape index (κ1) is 19.6. The Balaban J connectivity index is 1.25. The maximum absolute atomic E-state index is 12.1. The zero-order chi connectivity index (χ0) is 19.1. The molecule has 0 aromatic heterocycles. The van der Waals surface area contributed by atoms with Crippen molar-refractivity contribution in [1.29, 1.82) is 0 Å². The minimum absolute atomic E-state index is 0.0603. The van der Waals surface area contributed by atoms with Crippen LogP contribution in [0.5, 0.6) is 0 Å².